The molecule has 0 bridgehead atoms. The van der Waals surface area contributed by atoms with Crippen LogP contribution in [0.3, 0.4) is 0 Å². The van der Waals surface area contributed by atoms with Crippen LogP contribution in [-0.2, 0) is 6.54 Å². The van der Waals surface area contributed by atoms with E-state index >= 15 is 0 Å². The number of allylic oxidation sites excluding steroid dienone is 2. The summed E-state index contributed by atoms with van der Waals surface area (Å²) in [5, 5.41) is 21.3. The molecule has 0 spiro atoms. The third-order valence-corrected chi connectivity index (χ3v) is 11.6. The van der Waals surface area contributed by atoms with E-state index in [2.05, 4.69) is 40.2 Å². The Morgan fingerprint density at radius 1 is 0.744 bits per heavy atom. The molecule has 0 aliphatic heterocycles. The van der Waals surface area contributed by atoms with Gasteiger partial charge in [-0.05, 0) is 52.4 Å². The normalized spacial score (nSPS) is 15.0. The molecule has 0 radical (unpaired) electrons. The number of hydrogen-bond donors (Lipinski definition) is 0. The fourth-order valence-corrected chi connectivity index (χ4v) is 9.63. The SMILES string of the molecule is [C-]#[N+]/C(C#N)=C1/c2cc(Cl)c(Cl)cc2-c2c1sc1c3sc4c(c3n(CC(C)C)c21)-c1cc(Cl)c(Cl)cc1/C4=C(/C#N)[N+]#[C-]. The molecule has 43 heavy (non-hydrogen) atoms. The summed E-state index contributed by atoms with van der Waals surface area (Å²) in [5.41, 5.74) is 7.97. The Hall–Kier alpha value is -3.76. The van der Waals surface area contributed by atoms with Gasteiger partial charge in [0.15, 0.2) is 0 Å². The van der Waals surface area contributed by atoms with Crippen LogP contribution in [-0.4, -0.2) is 4.57 Å². The van der Waals surface area contributed by atoms with Crippen LogP contribution in [0.15, 0.2) is 35.7 Å². The molecule has 2 aromatic carbocycles. The Kier molecular flexibility index (Phi) is 6.45. The molecule has 2 aliphatic carbocycles. The highest BCUT2D eigenvalue weighted by Crippen LogP contribution is 2.61. The summed E-state index contributed by atoms with van der Waals surface area (Å²) in [5.74, 6) is 0.259. The molecule has 7 rings (SSSR count). The number of benzene rings is 2. The standard InChI is InChI=1S/C32H13Cl4N5S2/c1-12(2)11-41-27-25-15-7-19(35)17(33)5-13(15)23(21(9-37)39-3)29(25)42-31(27)32-28(41)26-16-8-20(36)18(34)6-14(16)24(30(26)43-32)22(10-38)40-4/h5-8,12H,11H2,1-2H3/b23-21-,24-22+. The first kappa shape index (κ1) is 28.0. The lowest BCUT2D eigenvalue weighted by atomic mass is 10.0. The van der Waals surface area contributed by atoms with E-state index in [-0.39, 0.29) is 17.3 Å². The van der Waals surface area contributed by atoms with Gasteiger partial charge in [0.25, 0.3) is 11.4 Å². The molecule has 0 unspecified atom stereocenters. The molecule has 206 valence electrons. The van der Waals surface area contributed by atoms with Crippen molar-refractivity contribution in [2.45, 2.75) is 20.4 Å². The number of halogens is 4. The molecule has 2 aliphatic rings. The number of nitriles is 2. The Labute approximate surface area is 274 Å². The minimum absolute atomic E-state index is 0.0102. The second kappa shape index (κ2) is 9.89. The molecular weight excluding hydrogens is 660 g/mol. The lowest BCUT2D eigenvalue weighted by Gasteiger charge is -2.13. The van der Waals surface area contributed by atoms with Crippen molar-refractivity contribution in [2.75, 3.05) is 0 Å². The highest BCUT2D eigenvalue weighted by atomic mass is 35.5. The molecule has 11 heteroatoms. The zero-order valence-electron chi connectivity index (χ0n) is 22.2. The topological polar surface area (TPSA) is 61.2 Å². The fraction of sp³-hybridized carbons (Fsp3) is 0.125. The second-order valence-corrected chi connectivity index (χ2v) is 14.2. The van der Waals surface area contributed by atoms with Crippen molar-refractivity contribution in [1.29, 1.82) is 10.5 Å². The molecule has 3 heterocycles. The summed E-state index contributed by atoms with van der Waals surface area (Å²) in [6.45, 7) is 20.4. The number of hydrogen-bond acceptors (Lipinski definition) is 4. The first-order valence-electron chi connectivity index (χ1n) is 12.8. The van der Waals surface area contributed by atoms with Gasteiger partial charge in [0.05, 0.1) is 65.8 Å². The zero-order chi connectivity index (χ0) is 30.5. The van der Waals surface area contributed by atoms with Gasteiger partial charge in [-0.15, -0.1) is 22.7 Å². The van der Waals surface area contributed by atoms with Crippen molar-refractivity contribution in [3.63, 3.8) is 0 Å². The Morgan fingerprint density at radius 2 is 1.12 bits per heavy atom. The third-order valence-electron chi connectivity index (χ3n) is 7.62. The lowest BCUT2D eigenvalue weighted by molar-refractivity contribution is 0.546. The smallest absolute Gasteiger partial charge is 0.271 e. The third kappa shape index (κ3) is 3.72. The Balaban J connectivity index is 1.70. The van der Waals surface area contributed by atoms with E-state index in [1.807, 2.05) is 12.1 Å². The van der Waals surface area contributed by atoms with Crippen LogP contribution >= 0.6 is 69.1 Å². The van der Waals surface area contributed by atoms with Crippen molar-refractivity contribution in [3.8, 4) is 34.4 Å². The van der Waals surface area contributed by atoms with E-state index in [1.54, 1.807) is 12.1 Å². The Bertz CT molecular complexity index is 2200. The molecule has 5 aromatic rings. The number of rotatable bonds is 2. The number of fused-ring (bicyclic) bond motifs is 11. The van der Waals surface area contributed by atoms with Crippen LogP contribution in [0.2, 0.25) is 20.1 Å². The summed E-state index contributed by atoms with van der Waals surface area (Å²) in [4.78, 5) is 8.77. The maximum Gasteiger partial charge on any atom is 0.271 e. The fourth-order valence-electron chi connectivity index (χ4n) is 6.09. The van der Waals surface area contributed by atoms with Gasteiger partial charge in [-0.2, -0.15) is 0 Å². The first-order chi connectivity index (χ1) is 20.6. The van der Waals surface area contributed by atoms with E-state index < -0.39 is 0 Å². The van der Waals surface area contributed by atoms with Gasteiger partial charge in [-0.3, -0.25) is 0 Å². The van der Waals surface area contributed by atoms with Gasteiger partial charge in [-0.25, -0.2) is 20.2 Å². The molecule has 0 N–H and O–H groups in total. The summed E-state index contributed by atoms with van der Waals surface area (Å²) < 4.78 is 4.29. The van der Waals surface area contributed by atoms with E-state index in [0.717, 1.165) is 52.4 Å². The first-order valence-corrected chi connectivity index (χ1v) is 15.9. The average Bonchev–Trinajstić information content (AvgIpc) is 3.72. The van der Waals surface area contributed by atoms with Crippen LogP contribution in [0.4, 0.5) is 0 Å². The van der Waals surface area contributed by atoms with Gasteiger partial charge in [0.2, 0.25) is 0 Å². The van der Waals surface area contributed by atoms with Crippen LogP contribution in [0.25, 0.3) is 63.5 Å². The molecule has 0 fully saturated rings. The predicted octanol–water partition coefficient (Wildman–Crippen LogP) is 11.6. The van der Waals surface area contributed by atoms with Crippen LogP contribution in [0, 0.1) is 41.7 Å². The van der Waals surface area contributed by atoms with Crippen molar-refractivity contribution < 1.29 is 0 Å². The van der Waals surface area contributed by atoms with E-state index in [4.69, 9.17) is 59.5 Å². The molecule has 0 atom stereocenters. The van der Waals surface area contributed by atoms with Crippen LogP contribution in [0.1, 0.15) is 34.7 Å². The van der Waals surface area contributed by atoms with Crippen molar-refractivity contribution >= 4 is 101 Å². The van der Waals surface area contributed by atoms with Crippen molar-refractivity contribution in [1.82, 2.24) is 4.57 Å². The number of aromatic nitrogens is 1. The van der Waals surface area contributed by atoms with Crippen molar-refractivity contribution in [3.05, 3.63) is 99.5 Å². The van der Waals surface area contributed by atoms with Gasteiger partial charge in [0, 0.05) is 38.6 Å². The average molecular weight is 673 g/mol. The van der Waals surface area contributed by atoms with Gasteiger partial charge < -0.3 is 4.57 Å². The minimum atomic E-state index is -0.0102. The van der Waals surface area contributed by atoms with Crippen LogP contribution < -0.4 is 0 Å². The summed E-state index contributed by atoms with van der Waals surface area (Å²) >= 11 is 29.0. The monoisotopic (exact) mass is 671 g/mol. The highest BCUT2D eigenvalue weighted by Gasteiger charge is 2.38. The largest absolute Gasteiger partial charge is 0.338 e. The summed E-state index contributed by atoms with van der Waals surface area (Å²) in [6.07, 6.45) is 0. The summed E-state index contributed by atoms with van der Waals surface area (Å²) in [7, 11) is 0. The number of nitrogens with zero attached hydrogens (tertiary/aromatic N) is 5. The van der Waals surface area contributed by atoms with Crippen molar-refractivity contribution in [2.24, 2.45) is 5.92 Å². The second-order valence-electron chi connectivity index (χ2n) is 10.5. The van der Waals surface area contributed by atoms with Gasteiger partial charge >= 0.3 is 0 Å². The molecule has 0 saturated carbocycles. The molecular formula is C32H13Cl4N5S2. The lowest BCUT2D eigenvalue weighted by Crippen LogP contribution is -2.04. The maximum atomic E-state index is 9.92. The number of thiophene rings is 2. The van der Waals surface area contributed by atoms with Gasteiger partial charge in [0.1, 0.15) is 0 Å². The minimum Gasteiger partial charge on any atom is -0.338 e. The van der Waals surface area contributed by atoms with E-state index in [1.165, 1.54) is 22.7 Å². The maximum absolute atomic E-state index is 9.92. The van der Waals surface area contributed by atoms with E-state index in [0.29, 0.717) is 48.9 Å². The predicted molar refractivity (Wildman–Crippen MR) is 177 cm³/mol. The molecule has 3 aromatic heterocycles. The van der Waals surface area contributed by atoms with Crippen LogP contribution in [0.5, 0.6) is 0 Å². The highest BCUT2D eigenvalue weighted by molar-refractivity contribution is 7.29. The molecule has 0 amide bonds. The quantitative estimate of drug-likeness (QED) is 0.135. The Morgan fingerprint density at radius 3 is 1.44 bits per heavy atom. The molecule has 0 saturated heterocycles. The van der Waals surface area contributed by atoms with E-state index in [9.17, 15) is 10.5 Å². The molecule has 5 nitrogen and oxygen atoms in total. The summed E-state index contributed by atoms with van der Waals surface area (Å²) in [6, 6.07) is 11.3. The van der Waals surface area contributed by atoms with Gasteiger partial charge in [-0.1, -0.05) is 60.3 Å². The zero-order valence-corrected chi connectivity index (χ0v) is 26.8.